The molecule has 7 heteroatoms. The molecule has 0 spiro atoms. The van der Waals surface area contributed by atoms with Crippen molar-refractivity contribution in [1.82, 2.24) is 4.90 Å². The van der Waals surface area contributed by atoms with Gasteiger partial charge in [-0.05, 0) is 54.4 Å². The summed E-state index contributed by atoms with van der Waals surface area (Å²) in [6.07, 6.45) is 1.66. The number of ether oxygens (including phenoxy) is 3. The van der Waals surface area contributed by atoms with E-state index in [2.05, 4.69) is 6.58 Å². The molecule has 0 aliphatic carbocycles. The summed E-state index contributed by atoms with van der Waals surface area (Å²) in [6, 6.07) is 17.7. The zero-order valence-electron chi connectivity index (χ0n) is 19.7. The van der Waals surface area contributed by atoms with Gasteiger partial charge in [0.05, 0.1) is 17.0 Å². The van der Waals surface area contributed by atoms with Crippen molar-refractivity contribution in [2.45, 2.75) is 19.5 Å². The van der Waals surface area contributed by atoms with E-state index < -0.39 is 6.04 Å². The molecule has 180 valence electrons. The smallest absolute Gasteiger partial charge is 0.291 e. The van der Waals surface area contributed by atoms with Gasteiger partial charge >= 0.3 is 0 Å². The van der Waals surface area contributed by atoms with Crippen molar-refractivity contribution in [1.29, 1.82) is 0 Å². The minimum atomic E-state index is -0.647. The van der Waals surface area contributed by atoms with Crippen molar-refractivity contribution < 1.29 is 23.4 Å². The first-order valence-electron chi connectivity index (χ1n) is 11.6. The van der Waals surface area contributed by atoms with Crippen LogP contribution >= 0.6 is 0 Å². The second-order valence-electron chi connectivity index (χ2n) is 8.87. The highest BCUT2D eigenvalue weighted by Crippen LogP contribution is 2.41. The molecule has 0 N–H and O–H groups in total. The summed E-state index contributed by atoms with van der Waals surface area (Å²) >= 11 is 0. The molecular formula is C29H23NO6. The number of rotatable bonds is 6. The van der Waals surface area contributed by atoms with E-state index in [0.29, 0.717) is 40.4 Å². The van der Waals surface area contributed by atoms with Gasteiger partial charge in [0, 0.05) is 6.54 Å². The van der Waals surface area contributed by atoms with E-state index in [1.54, 1.807) is 23.1 Å². The highest BCUT2D eigenvalue weighted by molar-refractivity contribution is 5.99. The average molecular weight is 482 g/mol. The fraction of sp³-hybridized carbons (Fsp3) is 0.172. The van der Waals surface area contributed by atoms with E-state index in [1.165, 1.54) is 0 Å². The maximum Gasteiger partial charge on any atom is 0.291 e. The summed E-state index contributed by atoms with van der Waals surface area (Å²) in [5.74, 6) is 1.64. The Balaban J connectivity index is 1.50. The standard InChI is InChI=1S/C29H23NO6/c1-3-11-33-20-6-4-5-19(14-20)26-25-27(31)21-12-17(2)7-9-22(21)36-28(25)29(32)30(26)15-18-8-10-23-24(13-18)35-16-34-23/h3-10,12-14,26H,1,11,15-16H2,2H3/t26-/m0/s1. The van der Waals surface area contributed by atoms with E-state index in [4.69, 9.17) is 18.6 Å². The van der Waals surface area contributed by atoms with Crippen LogP contribution in [0, 0.1) is 6.92 Å². The Morgan fingerprint density at radius 1 is 1.06 bits per heavy atom. The number of aryl methyl sites for hydroxylation is 1. The lowest BCUT2D eigenvalue weighted by Gasteiger charge is -2.25. The Morgan fingerprint density at radius 3 is 2.78 bits per heavy atom. The number of benzene rings is 3. The summed E-state index contributed by atoms with van der Waals surface area (Å²) in [7, 11) is 0. The third-order valence-electron chi connectivity index (χ3n) is 6.45. The second kappa shape index (κ2) is 8.61. The van der Waals surface area contributed by atoms with Crippen LogP contribution in [-0.2, 0) is 6.54 Å². The van der Waals surface area contributed by atoms with Crippen molar-refractivity contribution in [3.63, 3.8) is 0 Å². The van der Waals surface area contributed by atoms with Gasteiger partial charge in [-0.15, -0.1) is 0 Å². The lowest BCUT2D eigenvalue weighted by molar-refractivity contribution is 0.0714. The van der Waals surface area contributed by atoms with E-state index >= 15 is 0 Å². The number of carbonyl (C=O) groups is 1. The SMILES string of the molecule is C=CCOc1cccc([C@H]2c3c(oc4ccc(C)cc4c3=O)C(=O)N2Cc2ccc3c(c2)OCO3)c1. The minimum absolute atomic E-state index is 0.0690. The highest BCUT2D eigenvalue weighted by atomic mass is 16.7. The molecule has 0 radical (unpaired) electrons. The van der Waals surface area contributed by atoms with E-state index in [0.717, 1.165) is 16.7 Å². The molecule has 36 heavy (non-hydrogen) atoms. The van der Waals surface area contributed by atoms with Gasteiger partial charge in [-0.25, -0.2) is 0 Å². The van der Waals surface area contributed by atoms with E-state index in [1.807, 2.05) is 55.5 Å². The lowest BCUT2D eigenvalue weighted by Crippen LogP contribution is -2.29. The van der Waals surface area contributed by atoms with Crippen LogP contribution in [0.2, 0.25) is 0 Å². The van der Waals surface area contributed by atoms with Gasteiger partial charge < -0.3 is 23.5 Å². The molecule has 6 rings (SSSR count). The van der Waals surface area contributed by atoms with Crippen LogP contribution in [0.15, 0.2) is 82.5 Å². The third-order valence-corrected chi connectivity index (χ3v) is 6.45. The predicted octanol–water partition coefficient (Wildman–Crippen LogP) is 5.14. The predicted molar refractivity (Wildman–Crippen MR) is 134 cm³/mol. The van der Waals surface area contributed by atoms with Crippen LogP contribution in [-0.4, -0.2) is 24.2 Å². The van der Waals surface area contributed by atoms with Crippen LogP contribution < -0.4 is 19.6 Å². The van der Waals surface area contributed by atoms with Gasteiger partial charge in [0.15, 0.2) is 16.9 Å². The Labute approximate surface area is 207 Å². The third kappa shape index (κ3) is 3.60. The van der Waals surface area contributed by atoms with Crippen LogP contribution in [0.3, 0.4) is 0 Å². The fourth-order valence-corrected chi connectivity index (χ4v) is 4.81. The van der Waals surface area contributed by atoms with Crippen LogP contribution in [0.25, 0.3) is 11.0 Å². The van der Waals surface area contributed by atoms with Crippen molar-refractivity contribution in [3.05, 3.63) is 112 Å². The summed E-state index contributed by atoms with van der Waals surface area (Å²) < 4.78 is 22.7. The summed E-state index contributed by atoms with van der Waals surface area (Å²) in [4.78, 5) is 29.2. The van der Waals surface area contributed by atoms with Gasteiger partial charge in [0.25, 0.3) is 5.91 Å². The minimum Gasteiger partial charge on any atom is -0.490 e. The molecule has 1 atom stereocenters. The molecule has 2 aliphatic rings. The molecule has 0 saturated heterocycles. The first-order chi connectivity index (χ1) is 17.5. The van der Waals surface area contributed by atoms with Crippen LogP contribution in [0.4, 0.5) is 0 Å². The molecule has 0 fully saturated rings. The molecule has 0 saturated carbocycles. The van der Waals surface area contributed by atoms with Gasteiger partial charge in [-0.1, -0.05) is 42.5 Å². The first-order valence-corrected chi connectivity index (χ1v) is 11.6. The van der Waals surface area contributed by atoms with Crippen molar-refractivity contribution in [2.75, 3.05) is 13.4 Å². The maximum atomic E-state index is 13.8. The number of amides is 1. The number of nitrogens with zero attached hydrogens (tertiary/aromatic N) is 1. The second-order valence-corrected chi connectivity index (χ2v) is 8.87. The molecule has 4 aromatic rings. The lowest BCUT2D eigenvalue weighted by atomic mass is 9.97. The van der Waals surface area contributed by atoms with Crippen LogP contribution in [0.5, 0.6) is 17.2 Å². The summed E-state index contributed by atoms with van der Waals surface area (Å²) in [6.45, 7) is 6.37. The molecule has 0 bridgehead atoms. The molecule has 1 aromatic heterocycles. The van der Waals surface area contributed by atoms with Gasteiger partial charge in [-0.3, -0.25) is 9.59 Å². The maximum absolute atomic E-state index is 13.8. The summed E-state index contributed by atoms with van der Waals surface area (Å²) in [5.41, 5.74) is 3.05. The molecule has 7 nitrogen and oxygen atoms in total. The van der Waals surface area contributed by atoms with Gasteiger partial charge in [0.2, 0.25) is 12.6 Å². The Hall–Kier alpha value is -4.52. The highest BCUT2D eigenvalue weighted by Gasteiger charge is 2.43. The number of carbonyl (C=O) groups excluding carboxylic acids is 1. The zero-order valence-corrected chi connectivity index (χ0v) is 19.7. The molecular weight excluding hydrogens is 458 g/mol. The largest absolute Gasteiger partial charge is 0.490 e. The summed E-state index contributed by atoms with van der Waals surface area (Å²) in [5, 5.41) is 0.454. The number of hydrogen-bond donors (Lipinski definition) is 0. The molecule has 3 aromatic carbocycles. The fourth-order valence-electron chi connectivity index (χ4n) is 4.81. The van der Waals surface area contributed by atoms with Gasteiger partial charge in [0.1, 0.15) is 17.9 Å². The normalized spacial score (nSPS) is 15.9. The molecule has 1 amide bonds. The Bertz CT molecular complexity index is 1590. The quantitative estimate of drug-likeness (QED) is 0.355. The van der Waals surface area contributed by atoms with Crippen molar-refractivity contribution in [3.8, 4) is 17.2 Å². The van der Waals surface area contributed by atoms with E-state index in [9.17, 15) is 9.59 Å². The zero-order chi connectivity index (χ0) is 24.8. The van der Waals surface area contributed by atoms with Crippen LogP contribution in [0.1, 0.15) is 38.9 Å². The first kappa shape index (κ1) is 22.0. The number of hydrogen-bond acceptors (Lipinski definition) is 6. The van der Waals surface area contributed by atoms with E-state index in [-0.39, 0.29) is 30.4 Å². The topological polar surface area (TPSA) is 78.2 Å². The Morgan fingerprint density at radius 2 is 1.92 bits per heavy atom. The monoisotopic (exact) mass is 481 g/mol. The average Bonchev–Trinajstić information content (AvgIpc) is 3.46. The number of fused-ring (bicyclic) bond motifs is 3. The Kier molecular flexibility index (Phi) is 5.25. The molecule has 3 heterocycles. The van der Waals surface area contributed by atoms with Gasteiger partial charge in [-0.2, -0.15) is 0 Å². The molecule has 2 aliphatic heterocycles. The van der Waals surface area contributed by atoms with Crippen molar-refractivity contribution in [2.24, 2.45) is 0 Å². The molecule has 0 unspecified atom stereocenters. The van der Waals surface area contributed by atoms with Crippen molar-refractivity contribution >= 4 is 16.9 Å².